The Hall–Kier alpha value is -2.87. The molecule has 35 heavy (non-hydrogen) atoms. The van der Waals surface area contributed by atoms with E-state index in [1.54, 1.807) is 0 Å². The van der Waals surface area contributed by atoms with Gasteiger partial charge in [0, 0.05) is 12.2 Å². The lowest BCUT2D eigenvalue weighted by Gasteiger charge is -2.25. The lowest BCUT2D eigenvalue weighted by atomic mass is 10.0. The summed E-state index contributed by atoms with van der Waals surface area (Å²) in [6.45, 7) is 1.70. The summed E-state index contributed by atoms with van der Waals surface area (Å²) in [5.41, 5.74) is 11.7. The molecule has 12 nitrogen and oxygen atoms in total. The van der Waals surface area contributed by atoms with E-state index in [4.69, 9.17) is 11.5 Å². The number of phenolic OH excluding ortho intramolecular Hbond substituents is 1. The molecule has 13 heteroatoms. The Balaban J connectivity index is 2.93. The third-order valence-corrected chi connectivity index (χ3v) is 5.57. The summed E-state index contributed by atoms with van der Waals surface area (Å²) >= 11 is 4.06. The van der Waals surface area contributed by atoms with Crippen LogP contribution in [0.25, 0.3) is 0 Å². The monoisotopic (exact) mass is 513 g/mol. The van der Waals surface area contributed by atoms with Gasteiger partial charge in [-0.25, -0.2) is 4.79 Å². The Morgan fingerprint density at radius 2 is 1.49 bits per heavy atom. The van der Waals surface area contributed by atoms with Gasteiger partial charge < -0.3 is 42.7 Å². The zero-order valence-corrected chi connectivity index (χ0v) is 20.4. The smallest absolute Gasteiger partial charge is 0.326 e. The fraction of sp³-hybridized carbons (Fsp3) is 0.545. The summed E-state index contributed by atoms with van der Waals surface area (Å²) in [6.07, 6.45) is 0.0499. The molecule has 0 fully saturated rings. The summed E-state index contributed by atoms with van der Waals surface area (Å²) in [6, 6.07) is 1.09. The van der Waals surface area contributed by atoms with Gasteiger partial charge in [0.25, 0.3) is 0 Å². The van der Waals surface area contributed by atoms with Gasteiger partial charge in [-0.15, -0.1) is 0 Å². The number of aliphatic hydroxyl groups excluding tert-OH is 1. The minimum atomic E-state index is -1.29. The number of unbranched alkanes of at least 4 members (excludes halogenated alkanes) is 1. The maximum atomic E-state index is 12.9. The van der Waals surface area contributed by atoms with E-state index in [0.717, 1.165) is 0 Å². The lowest BCUT2D eigenvalue weighted by molar-refractivity contribution is -0.142. The number of rotatable bonds is 15. The fourth-order valence-corrected chi connectivity index (χ4v) is 3.31. The van der Waals surface area contributed by atoms with Crippen LogP contribution in [0.3, 0.4) is 0 Å². The second-order valence-corrected chi connectivity index (χ2v) is 8.49. The van der Waals surface area contributed by atoms with Crippen LogP contribution in [-0.4, -0.2) is 81.6 Å². The van der Waals surface area contributed by atoms with Crippen molar-refractivity contribution in [1.29, 1.82) is 0 Å². The number of aliphatic hydroxyl groups is 1. The number of amides is 3. The second kappa shape index (κ2) is 15.2. The number of aliphatic carboxylic acids is 1. The summed E-state index contributed by atoms with van der Waals surface area (Å²) in [7, 11) is 0. The van der Waals surface area contributed by atoms with Crippen LogP contribution >= 0.6 is 12.6 Å². The number of carboxylic acids is 1. The molecule has 3 amide bonds. The molecule has 1 aromatic rings. The van der Waals surface area contributed by atoms with E-state index in [1.165, 1.54) is 31.2 Å². The Kier molecular flexibility index (Phi) is 13.1. The molecule has 0 aromatic heterocycles. The first kappa shape index (κ1) is 30.2. The number of thiol groups is 1. The zero-order valence-electron chi connectivity index (χ0n) is 19.5. The van der Waals surface area contributed by atoms with Gasteiger partial charge in [-0.1, -0.05) is 12.1 Å². The highest BCUT2D eigenvalue weighted by Crippen LogP contribution is 2.12. The number of carbonyl (C=O) groups excluding carboxylic acids is 3. The van der Waals surface area contributed by atoms with Crippen molar-refractivity contribution < 1.29 is 34.5 Å². The number of hydrogen-bond donors (Lipinski definition) is 9. The molecule has 5 atom stereocenters. The number of carbonyl (C=O) groups is 4. The predicted octanol–water partition coefficient (Wildman–Crippen LogP) is -1.76. The number of hydrogen-bond acceptors (Lipinski definition) is 9. The molecule has 5 unspecified atom stereocenters. The van der Waals surface area contributed by atoms with Gasteiger partial charge in [0.15, 0.2) is 0 Å². The van der Waals surface area contributed by atoms with E-state index in [0.29, 0.717) is 24.9 Å². The molecule has 0 heterocycles. The minimum absolute atomic E-state index is 0.0209. The molecule has 0 aliphatic rings. The van der Waals surface area contributed by atoms with Gasteiger partial charge in [0.1, 0.15) is 29.9 Å². The topological polar surface area (TPSA) is 217 Å². The zero-order chi connectivity index (χ0) is 26.5. The Morgan fingerprint density at radius 3 is 2.00 bits per heavy atom. The van der Waals surface area contributed by atoms with Crippen molar-refractivity contribution in [3.8, 4) is 5.75 Å². The standard InChI is InChI=1S/C22H35N5O7S/c1-12(28)18(24)21(32)27-17(11-35)20(31)25-15(4-2-3-9-23)19(30)26-16(22(33)34)10-13-5-7-14(29)8-6-13/h5-8,12,15-18,28-29,35H,2-4,9-11,23-24H2,1H3,(H,25,31)(H,26,30)(H,27,32)(H,33,34). The molecule has 0 aliphatic heterocycles. The first-order valence-electron chi connectivity index (χ1n) is 11.2. The molecule has 196 valence electrons. The van der Waals surface area contributed by atoms with Crippen LogP contribution in [-0.2, 0) is 25.6 Å². The number of nitrogens with one attached hydrogen (secondary N) is 3. The largest absolute Gasteiger partial charge is 0.508 e. The van der Waals surface area contributed by atoms with Crippen LogP contribution in [0.2, 0.25) is 0 Å². The van der Waals surface area contributed by atoms with Crippen LogP contribution in [0, 0.1) is 0 Å². The van der Waals surface area contributed by atoms with Gasteiger partial charge in [-0.2, -0.15) is 12.6 Å². The van der Waals surface area contributed by atoms with Crippen molar-refractivity contribution in [2.24, 2.45) is 11.5 Å². The number of carboxylic acid groups (broad SMARTS) is 1. The van der Waals surface area contributed by atoms with Crippen molar-refractivity contribution in [3.05, 3.63) is 29.8 Å². The third-order valence-electron chi connectivity index (χ3n) is 5.21. The van der Waals surface area contributed by atoms with Crippen LogP contribution in [0.4, 0.5) is 0 Å². The normalized spacial score (nSPS) is 15.2. The number of aromatic hydroxyl groups is 1. The minimum Gasteiger partial charge on any atom is -0.508 e. The van der Waals surface area contributed by atoms with E-state index in [1.807, 2.05) is 0 Å². The molecule has 0 saturated carbocycles. The highest BCUT2D eigenvalue weighted by atomic mass is 32.1. The molecule has 0 bridgehead atoms. The summed E-state index contributed by atoms with van der Waals surface area (Å²) in [5.74, 6) is -3.56. The quantitative estimate of drug-likeness (QED) is 0.0957. The molecule has 0 radical (unpaired) electrons. The Labute approximate surface area is 209 Å². The highest BCUT2D eigenvalue weighted by molar-refractivity contribution is 7.80. The molecule has 0 spiro atoms. The predicted molar refractivity (Wildman–Crippen MR) is 132 cm³/mol. The molecular weight excluding hydrogens is 478 g/mol. The van der Waals surface area contributed by atoms with E-state index >= 15 is 0 Å². The first-order valence-corrected chi connectivity index (χ1v) is 11.8. The number of benzene rings is 1. The van der Waals surface area contributed by atoms with Crippen molar-refractivity contribution in [2.45, 2.75) is 62.9 Å². The first-order chi connectivity index (χ1) is 16.5. The van der Waals surface area contributed by atoms with Gasteiger partial charge in [-0.3, -0.25) is 14.4 Å². The molecule has 0 aliphatic carbocycles. The average Bonchev–Trinajstić information content (AvgIpc) is 2.81. The Bertz CT molecular complexity index is 853. The van der Waals surface area contributed by atoms with Crippen LogP contribution in [0.15, 0.2) is 24.3 Å². The second-order valence-electron chi connectivity index (χ2n) is 8.13. The Morgan fingerprint density at radius 1 is 0.943 bits per heavy atom. The third kappa shape index (κ3) is 10.5. The molecule has 1 rings (SSSR count). The maximum absolute atomic E-state index is 12.9. The highest BCUT2D eigenvalue weighted by Gasteiger charge is 2.30. The van der Waals surface area contributed by atoms with Crippen molar-refractivity contribution in [2.75, 3.05) is 12.3 Å². The molecular formula is C22H35N5O7S. The van der Waals surface area contributed by atoms with Gasteiger partial charge in [0.05, 0.1) is 6.10 Å². The van der Waals surface area contributed by atoms with E-state index in [9.17, 15) is 34.5 Å². The van der Waals surface area contributed by atoms with Crippen LogP contribution in [0.1, 0.15) is 31.7 Å². The average molecular weight is 514 g/mol. The van der Waals surface area contributed by atoms with E-state index in [-0.39, 0.29) is 24.3 Å². The lowest BCUT2D eigenvalue weighted by Crippen LogP contribution is -2.58. The van der Waals surface area contributed by atoms with Crippen molar-refractivity contribution in [3.63, 3.8) is 0 Å². The van der Waals surface area contributed by atoms with Crippen molar-refractivity contribution in [1.82, 2.24) is 16.0 Å². The fourth-order valence-electron chi connectivity index (χ4n) is 3.06. The van der Waals surface area contributed by atoms with E-state index in [2.05, 4.69) is 28.6 Å². The summed E-state index contributed by atoms with van der Waals surface area (Å²) < 4.78 is 0. The van der Waals surface area contributed by atoms with Gasteiger partial charge >= 0.3 is 5.97 Å². The van der Waals surface area contributed by atoms with Gasteiger partial charge in [-0.05, 0) is 50.4 Å². The number of phenols is 1. The summed E-state index contributed by atoms with van der Waals surface area (Å²) in [5, 5.41) is 35.8. The number of nitrogens with two attached hydrogens (primary N) is 2. The van der Waals surface area contributed by atoms with Crippen molar-refractivity contribution >= 4 is 36.3 Å². The van der Waals surface area contributed by atoms with Crippen LogP contribution < -0.4 is 27.4 Å². The molecule has 1 aromatic carbocycles. The van der Waals surface area contributed by atoms with Crippen LogP contribution in [0.5, 0.6) is 5.75 Å². The van der Waals surface area contributed by atoms with E-state index < -0.39 is 54.0 Å². The molecule has 0 saturated heterocycles. The SMILES string of the molecule is CC(O)C(N)C(=O)NC(CS)C(=O)NC(CCCCN)C(=O)NC(Cc1ccc(O)cc1)C(=O)O. The maximum Gasteiger partial charge on any atom is 0.326 e. The van der Waals surface area contributed by atoms with Gasteiger partial charge in [0.2, 0.25) is 17.7 Å². The molecule has 10 N–H and O–H groups in total. The summed E-state index contributed by atoms with van der Waals surface area (Å²) in [4.78, 5) is 49.6.